The highest BCUT2D eigenvalue weighted by Gasteiger charge is 2.12. The summed E-state index contributed by atoms with van der Waals surface area (Å²) in [6.45, 7) is 5.91. The van der Waals surface area contributed by atoms with Crippen molar-refractivity contribution in [2.75, 3.05) is 26.2 Å². The normalized spacial score (nSPS) is 14.8. The first-order valence-corrected chi connectivity index (χ1v) is 8.19. The molecule has 0 aromatic heterocycles. The molecule has 1 aromatic rings. The summed E-state index contributed by atoms with van der Waals surface area (Å²) in [5, 5.41) is 5.69. The molecule has 1 aliphatic rings. The summed E-state index contributed by atoms with van der Waals surface area (Å²) in [6, 6.07) is 6.72. The summed E-state index contributed by atoms with van der Waals surface area (Å²) < 4.78 is 0. The minimum absolute atomic E-state index is 0. The van der Waals surface area contributed by atoms with Crippen LogP contribution in [0.2, 0.25) is 0 Å². The molecule has 142 valence electrons. The van der Waals surface area contributed by atoms with Gasteiger partial charge in [-0.3, -0.25) is 9.59 Å². The first-order valence-electron chi connectivity index (χ1n) is 8.19. The molecule has 1 aromatic carbocycles. The molecule has 4 N–H and O–H groups in total. The SMILES string of the molecule is CC(N)C(=O)NCc1ccc(C(=O)NCCN2CCCC2)cc1.Cl.Cl. The predicted molar refractivity (Wildman–Crippen MR) is 104 cm³/mol. The van der Waals surface area contributed by atoms with E-state index in [2.05, 4.69) is 15.5 Å². The number of likely N-dealkylation sites (tertiary alicyclic amines) is 1. The molecule has 25 heavy (non-hydrogen) atoms. The maximum Gasteiger partial charge on any atom is 0.251 e. The minimum atomic E-state index is -0.518. The molecule has 1 unspecified atom stereocenters. The van der Waals surface area contributed by atoms with Crippen LogP contribution in [0, 0.1) is 0 Å². The average molecular weight is 391 g/mol. The van der Waals surface area contributed by atoms with Crippen molar-refractivity contribution in [1.29, 1.82) is 0 Å². The lowest BCUT2D eigenvalue weighted by atomic mass is 10.1. The lowest BCUT2D eigenvalue weighted by Crippen LogP contribution is -2.37. The Bertz CT molecular complexity index is 532. The summed E-state index contributed by atoms with van der Waals surface area (Å²) in [7, 11) is 0. The van der Waals surface area contributed by atoms with Gasteiger partial charge < -0.3 is 21.3 Å². The minimum Gasteiger partial charge on any atom is -0.351 e. The fourth-order valence-electron chi connectivity index (χ4n) is 2.56. The van der Waals surface area contributed by atoms with Gasteiger partial charge >= 0.3 is 0 Å². The van der Waals surface area contributed by atoms with Crippen molar-refractivity contribution >= 4 is 36.6 Å². The van der Waals surface area contributed by atoms with Crippen molar-refractivity contribution < 1.29 is 9.59 Å². The van der Waals surface area contributed by atoms with Crippen molar-refractivity contribution in [3.05, 3.63) is 35.4 Å². The van der Waals surface area contributed by atoms with Crippen molar-refractivity contribution in [2.24, 2.45) is 5.73 Å². The fraction of sp³-hybridized carbons (Fsp3) is 0.529. The third-order valence-corrected chi connectivity index (χ3v) is 4.01. The molecule has 0 aliphatic carbocycles. The highest BCUT2D eigenvalue weighted by Crippen LogP contribution is 2.06. The van der Waals surface area contributed by atoms with Crippen molar-refractivity contribution in [3.63, 3.8) is 0 Å². The van der Waals surface area contributed by atoms with Crippen LogP contribution in [0.15, 0.2) is 24.3 Å². The molecule has 0 radical (unpaired) electrons. The Balaban J connectivity index is 0.00000288. The topological polar surface area (TPSA) is 87.5 Å². The van der Waals surface area contributed by atoms with E-state index in [1.807, 2.05) is 12.1 Å². The Hall–Kier alpha value is -1.34. The monoisotopic (exact) mass is 390 g/mol. The van der Waals surface area contributed by atoms with Gasteiger partial charge in [0.15, 0.2) is 0 Å². The molecule has 0 saturated carbocycles. The highest BCUT2D eigenvalue weighted by atomic mass is 35.5. The number of benzene rings is 1. The van der Waals surface area contributed by atoms with E-state index in [1.165, 1.54) is 12.8 Å². The van der Waals surface area contributed by atoms with Crippen LogP contribution in [0.1, 0.15) is 35.7 Å². The summed E-state index contributed by atoms with van der Waals surface area (Å²) in [5.41, 5.74) is 7.06. The number of halogens is 2. The molecule has 0 spiro atoms. The lowest BCUT2D eigenvalue weighted by Gasteiger charge is -2.14. The second-order valence-corrected chi connectivity index (χ2v) is 6.01. The van der Waals surface area contributed by atoms with Crippen molar-refractivity contribution in [2.45, 2.75) is 32.4 Å². The number of rotatable bonds is 7. The van der Waals surface area contributed by atoms with E-state index in [0.717, 1.165) is 25.2 Å². The van der Waals surface area contributed by atoms with E-state index in [4.69, 9.17) is 5.73 Å². The van der Waals surface area contributed by atoms with Crippen LogP contribution in [0.3, 0.4) is 0 Å². The molecule has 0 bridgehead atoms. The lowest BCUT2D eigenvalue weighted by molar-refractivity contribution is -0.122. The van der Waals surface area contributed by atoms with Gasteiger partial charge in [-0.1, -0.05) is 12.1 Å². The Labute approximate surface area is 161 Å². The molecular formula is C17H28Cl2N4O2. The van der Waals surface area contributed by atoms with Crippen LogP contribution >= 0.6 is 24.8 Å². The van der Waals surface area contributed by atoms with Gasteiger partial charge in [0.25, 0.3) is 5.91 Å². The van der Waals surface area contributed by atoms with Gasteiger partial charge in [-0.05, 0) is 50.6 Å². The maximum atomic E-state index is 12.1. The van der Waals surface area contributed by atoms with E-state index < -0.39 is 6.04 Å². The van der Waals surface area contributed by atoms with E-state index in [0.29, 0.717) is 18.7 Å². The van der Waals surface area contributed by atoms with E-state index in [-0.39, 0.29) is 36.6 Å². The Kier molecular flexibility index (Phi) is 11.4. The summed E-state index contributed by atoms with van der Waals surface area (Å²) in [6.07, 6.45) is 2.52. The van der Waals surface area contributed by atoms with Crippen LogP contribution in [0.25, 0.3) is 0 Å². The number of carbonyl (C=O) groups excluding carboxylic acids is 2. The molecule has 2 rings (SSSR count). The smallest absolute Gasteiger partial charge is 0.251 e. The zero-order valence-corrected chi connectivity index (χ0v) is 16.1. The third kappa shape index (κ3) is 8.05. The maximum absolute atomic E-state index is 12.1. The standard InChI is InChI=1S/C17H26N4O2.2ClH/c1-13(18)16(22)20-12-14-4-6-15(7-5-14)17(23)19-8-11-21-9-2-3-10-21;;/h4-7,13H,2-3,8-12,18H2,1H3,(H,19,23)(H,20,22);2*1H. The Morgan fingerprint density at radius 3 is 2.28 bits per heavy atom. The second-order valence-electron chi connectivity index (χ2n) is 6.01. The molecule has 6 nitrogen and oxygen atoms in total. The van der Waals surface area contributed by atoms with Gasteiger partial charge in [0.05, 0.1) is 6.04 Å². The number of nitrogens with two attached hydrogens (primary N) is 1. The van der Waals surface area contributed by atoms with Gasteiger partial charge in [-0.2, -0.15) is 0 Å². The first-order chi connectivity index (χ1) is 11.1. The van der Waals surface area contributed by atoms with E-state index in [9.17, 15) is 9.59 Å². The van der Waals surface area contributed by atoms with Crippen molar-refractivity contribution in [1.82, 2.24) is 15.5 Å². The van der Waals surface area contributed by atoms with Crippen LogP contribution in [-0.4, -0.2) is 48.9 Å². The molecular weight excluding hydrogens is 363 g/mol. The number of hydrogen-bond acceptors (Lipinski definition) is 4. The molecule has 1 atom stereocenters. The number of amides is 2. The summed E-state index contributed by atoms with van der Waals surface area (Å²) in [4.78, 5) is 25.8. The van der Waals surface area contributed by atoms with Crippen LogP contribution in [-0.2, 0) is 11.3 Å². The first kappa shape index (κ1) is 23.7. The predicted octanol–water partition coefficient (Wildman–Crippen LogP) is 1.32. The number of nitrogens with zero attached hydrogens (tertiary/aromatic N) is 1. The van der Waals surface area contributed by atoms with Gasteiger partial charge in [0.2, 0.25) is 5.91 Å². The molecule has 1 heterocycles. The molecule has 1 fully saturated rings. The fourth-order valence-corrected chi connectivity index (χ4v) is 2.56. The van der Waals surface area contributed by atoms with Crippen LogP contribution in [0.5, 0.6) is 0 Å². The largest absolute Gasteiger partial charge is 0.351 e. The van der Waals surface area contributed by atoms with Crippen LogP contribution < -0.4 is 16.4 Å². The molecule has 2 amide bonds. The van der Waals surface area contributed by atoms with E-state index in [1.54, 1.807) is 19.1 Å². The van der Waals surface area contributed by atoms with Gasteiger partial charge in [-0.25, -0.2) is 0 Å². The van der Waals surface area contributed by atoms with Gasteiger partial charge in [0.1, 0.15) is 0 Å². The average Bonchev–Trinajstić information content (AvgIpc) is 3.06. The van der Waals surface area contributed by atoms with E-state index >= 15 is 0 Å². The zero-order valence-electron chi connectivity index (χ0n) is 14.5. The summed E-state index contributed by atoms with van der Waals surface area (Å²) >= 11 is 0. The molecule has 1 saturated heterocycles. The van der Waals surface area contributed by atoms with Crippen molar-refractivity contribution in [3.8, 4) is 0 Å². The summed E-state index contributed by atoms with van der Waals surface area (Å²) in [5.74, 6) is -0.246. The molecule has 1 aliphatic heterocycles. The number of carbonyl (C=O) groups is 2. The number of nitrogens with one attached hydrogen (secondary N) is 2. The number of hydrogen-bond donors (Lipinski definition) is 3. The van der Waals surface area contributed by atoms with Crippen LogP contribution in [0.4, 0.5) is 0 Å². The third-order valence-electron chi connectivity index (χ3n) is 4.01. The van der Waals surface area contributed by atoms with Gasteiger partial charge in [-0.15, -0.1) is 24.8 Å². The quantitative estimate of drug-likeness (QED) is 0.654. The zero-order chi connectivity index (χ0) is 16.7. The Morgan fingerprint density at radius 1 is 1.12 bits per heavy atom. The second kappa shape index (κ2) is 12.1. The molecule has 8 heteroatoms. The van der Waals surface area contributed by atoms with Gasteiger partial charge in [0, 0.05) is 25.2 Å². The highest BCUT2D eigenvalue weighted by molar-refractivity contribution is 5.94. The Morgan fingerprint density at radius 2 is 1.72 bits per heavy atom.